The lowest BCUT2D eigenvalue weighted by atomic mass is 10.3. The number of rotatable bonds is 6. The van der Waals surface area contributed by atoms with E-state index in [0.717, 1.165) is 22.7 Å². The largest absolute Gasteiger partial charge is 0.345 e. The SMILES string of the molecule is C=CC1=C(/C=C\C)N(/C(S)=C/C=C\C)CN1CC=O. The van der Waals surface area contributed by atoms with E-state index in [4.69, 9.17) is 0 Å². The Balaban J connectivity index is 3.16. The second-order valence-corrected chi connectivity index (χ2v) is 4.44. The average Bonchev–Trinajstić information content (AvgIpc) is 2.75. The fourth-order valence-electron chi connectivity index (χ4n) is 1.90. The minimum absolute atomic E-state index is 0.351. The van der Waals surface area contributed by atoms with Crippen LogP contribution in [0.3, 0.4) is 0 Å². The van der Waals surface area contributed by atoms with Crippen molar-refractivity contribution in [1.82, 2.24) is 9.80 Å². The van der Waals surface area contributed by atoms with Crippen LogP contribution in [0.5, 0.6) is 0 Å². The number of hydrogen-bond acceptors (Lipinski definition) is 4. The van der Waals surface area contributed by atoms with Crippen molar-refractivity contribution in [3.8, 4) is 0 Å². The van der Waals surface area contributed by atoms with Crippen molar-refractivity contribution in [3.05, 3.63) is 59.5 Å². The van der Waals surface area contributed by atoms with Gasteiger partial charge in [0.05, 0.1) is 29.6 Å². The number of carbonyl (C=O) groups is 1. The van der Waals surface area contributed by atoms with Crippen LogP contribution in [0.15, 0.2) is 59.5 Å². The van der Waals surface area contributed by atoms with Crippen LogP contribution in [-0.4, -0.2) is 29.3 Å². The molecule has 0 saturated carbocycles. The second-order valence-electron chi connectivity index (χ2n) is 3.98. The molecule has 102 valence electrons. The number of nitrogens with zero attached hydrogens (tertiary/aromatic N) is 2. The van der Waals surface area contributed by atoms with E-state index >= 15 is 0 Å². The smallest absolute Gasteiger partial charge is 0.139 e. The minimum atomic E-state index is 0.351. The summed E-state index contributed by atoms with van der Waals surface area (Å²) in [5, 5.41) is 0.832. The Labute approximate surface area is 120 Å². The summed E-state index contributed by atoms with van der Waals surface area (Å²) in [6, 6.07) is 0. The highest BCUT2D eigenvalue weighted by molar-refractivity contribution is 7.84. The van der Waals surface area contributed by atoms with Gasteiger partial charge in [-0.05, 0) is 32.1 Å². The van der Waals surface area contributed by atoms with E-state index in [1.54, 1.807) is 6.08 Å². The number of thiol groups is 1. The van der Waals surface area contributed by atoms with Crippen molar-refractivity contribution in [3.63, 3.8) is 0 Å². The Morgan fingerprint density at radius 3 is 2.63 bits per heavy atom. The third-order valence-corrected chi connectivity index (χ3v) is 3.12. The van der Waals surface area contributed by atoms with E-state index in [9.17, 15) is 4.79 Å². The van der Waals surface area contributed by atoms with Crippen LogP contribution in [0.1, 0.15) is 13.8 Å². The maximum absolute atomic E-state index is 10.8. The maximum Gasteiger partial charge on any atom is 0.139 e. The van der Waals surface area contributed by atoms with Gasteiger partial charge < -0.3 is 14.6 Å². The number of hydrogen-bond donors (Lipinski definition) is 1. The molecule has 0 fully saturated rings. The quantitative estimate of drug-likeness (QED) is 0.458. The third-order valence-electron chi connectivity index (χ3n) is 2.73. The van der Waals surface area contributed by atoms with Crippen molar-refractivity contribution in [2.24, 2.45) is 0 Å². The molecule has 0 aromatic heterocycles. The summed E-state index contributed by atoms with van der Waals surface area (Å²) in [5.74, 6) is 0. The Hall–Kier alpha value is -1.68. The molecule has 19 heavy (non-hydrogen) atoms. The van der Waals surface area contributed by atoms with Gasteiger partial charge in [0.1, 0.15) is 6.29 Å². The van der Waals surface area contributed by atoms with Crippen LogP contribution in [0, 0.1) is 0 Å². The van der Waals surface area contributed by atoms with Gasteiger partial charge in [-0.15, -0.1) is 12.6 Å². The third kappa shape index (κ3) is 3.64. The van der Waals surface area contributed by atoms with Crippen molar-refractivity contribution in [2.45, 2.75) is 13.8 Å². The van der Waals surface area contributed by atoms with Gasteiger partial charge in [0.25, 0.3) is 0 Å². The molecule has 0 aromatic carbocycles. The summed E-state index contributed by atoms with van der Waals surface area (Å²) in [4.78, 5) is 14.8. The fourth-order valence-corrected chi connectivity index (χ4v) is 2.16. The van der Waals surface area contributed by atoms with E-state index in [1.807, 2.05) is 54.0 Å². The van der Waals surface area contributed by atoms with Crippen LogP contribution < -0.4 is 0 Å². The Bertz CT molecular complexity index is 461. The molecule has 3 nitrogen and oxygen atoms in total. The van der Waals surface area contributed by atoms with E-state index in [2.05, 4.69) is 19.2 Å². The molecule has 0 spiro atoms. The predicted octanol–water partition coefficient (Wildman–Crippen LogP) is 3.08. The zero-order valence-corrected chi connectivity index (χ0v) is 12.3. The van der Waals surface area contributed by atoms with Crippen LogP contribution >= 0.6 is 12.6 Å². The first-order valence-corrected chi connectivity index (χ1v) is 6.61. The van der Waals surface area contributed by atoms with Gasteiger partial charge in [0.2, 0.25) is 0 Å². The van der Waals surface area contributed by atoms with Crippen LogP contribution in [0.4, 0.5) is 0 Å². The maximum atomic E-state index is 10.8. The molecule has 1 aliphatic rings. The fraction of sp³-hybridized carbons (Fsp3) is 0.267. The van der Waals surface area contributed by atoms with E-state index < -0.39 is 0 Å². The van der Waals surface area contributed by atoms with Gasteiger partial charge in [-0.1, -0.05) is 24.8 Å². The Morgan fingerprint density at radius 1 is 1.37 bits per heavy atom. The molecule has 1 heterocycles. The lowest BCUT2D eigenvalue weighted by Gasteiger charge is -2.21. The monoisotopic (exact) mass is 276 g/mol. The summed E-state index contributed by atoms with van der Waals surface area (Å²) in [7, 11) is 0. The highest BCUT2D eigenvalue weighted by atomic mass is 32.1. The molecule has 0 unspecified atom stereocenters. The number of allylic oxidation sites excluding steroid dienone is 6. The summed E-state index contributed by atoms with van der Waals surface area (Å²) >= 11 is 4.52. The van der Waals surface area contributed by atoms with E-state index in [0.29, 0.717) is 13.2 Å². The van der Waals surface area contributed by atoms with Gasteiger partial charge in [0.15, 0.2) is 0 Å². The van der Waals surface area contributed by atoms with Crippen molar-refractivity contribution in [2.75, 3.05) is 13.2 Å². The predicted molar refractivity (Wildman–Crippen MR) is 83.4 cm³/mol. The van der Waals surface area contributed by atoms with E-state index in [1.165, 1.54) is 0 Å². The summed E-state index contributed by atoms with van der Waals surface area (Å²) in [5.41, 5.74) is 1.95. The molecule has 0 amide bonds. The Kier molecular flexibility index (Phi) is 6.22. The first-order valence-electron chi connectivity index (χ1n) is 6.17. The highest BCUT2D eigenvalue weighted by Gasteiger charge is 2.26. The highest BCUT2D eigenvalue weighted by Crippen LogP contribution is 2.30. The molecule has 1 rings (SSSR count). The zero-order valence-electron chi connectivity index (χ0n) is 11.4. The standard InChI is InChI=1S/C15H20N2OS/c1-4-7-9-15(19)17-12-16(10-11-18)13(6-3)14(17)8-5-2/h4-9,11,19H,3,10,12H2,1-2H3/b7-4-,8-5-,15-9-. The summed E-state index contributed by atoms with van der Waals surface area (Å²) < 4.78 is 0. The normalized spacial score (nSPS) is 17.1. The second kappa shape index (κ2) is 7.69. The molecule has 0 saturated heterocycles. The minimum Gasteiger partial charge on any atom is -0.345 e. The molecule has 1 aliphatic heterocycles. The lowest BCUT2D eigenvalue weighted by molar-refractivity contribution is -0.108. The molecular weight excluding hydrogens is 256 g/mol. The molecule has 0 aromatic rings. The zero-order chi connectivity index (χ0) is 14.3. The topological polar surface area (TPSA) is 23.6 Å². The number of carbonyl (C=O) groups excluding carboxylic acids is 1. The van der Waals surface area contributed by atoms with Gasteiger partial charge in [-0.3, -0.25) is 0 Å². The van der Waals surface area contributed by atoms with Crippen LogP contribution in [0.2, 0.25) is 0 Å². The van der Waals surface area contributed by atoms with Crippen molar-refractivity contribution >= 4 is 18.9 Å². The van der Waals surface area contributed by atoms with Crippen LogP contribution in [-0.2, 0) is 4.79 Å². The molecular formula is C15H20N2OS. The van der Waals surface area contributed by atoms with Gasteiger partial charge >= 0.3 is 0 Å². The molecule has 0 aliphatic carbocycles. The van der Waals surface area contributed by atoms with Gasteiger partial charge in [-0.25, -0.2) is 0 Å². The number of aldehydes is 1. The molecule has 0 atom stereocenters. The summed E-state index contributed by atoms with van der Waals surface area (Å²) in [6.45, 7) is 8.70. The molecule has 4 heteroatoms. The molecule has 0 N–H and O–H groups in total. The van der Waals surface area contributed by atoms with Crippen LogP contribution in [0.25, 0.3) is 0 Å². The molecule has 0 radical (unpaired) electrons. The van der Waals surface area contributed by atoms with Gasteiger partial charge in [-0.2, -0.15) is 0 Å². The lowest BCUT2D eigenvalue weighted by Crippen LogP contribution is -2.27. The first kappa shape index (κ1) is 15.4. The van der Waals surface area contributed by atoms with Crippen molar-refractivity contribution < 1.29 is 4.79 Å². The summed E-state index contributed by atoms with van der Waals surface area (Å²) in [6.07, 6.45) is 12.4. The first-order chi connectivity index (χ1) is 9.19. The van der Waals surface area contributed by atoms with Crippen molar-refractivity contribution in [1.29, 1.82) is 0 Å². The van der Waals surface area contributed by atoms with E-state index in [-0.39, 0.29) is 0 Å². The average molecular weight is 276 g/mol. The van der Waals surface area contributed by atoms with Gasteiger partial charge in [0, 0.05) is 0 Å². The molecule has 0 bridgehead atoms. The Morgan fingerprint density at radius 2 is 2.11 bits per heavy atom.